The number of hydrogen-bond donors (Lipinski definition) is 1. The van der Waals surface area contributed by atoms with E-state index in [-0.39, 0.29) is 6.04 Å². The molecule has 0 bridgehead atoms. The van der Waals surface area contributed by atoms with Gasteiger partial charge in [0.15, 0.2) is 11.5 Å². The van der Waals surface area contributed by atoms with Gasteiger partial charge in [-0.05, 0) is 42.4 Å². The maximum absolute atomic E-state index is 6.06. The fourth-order valence-electron chi connectivity index (χ4n) is 1.95. The van der Waals surface area contributed by atoms with E-state index in [0.717, 1.165) is 54.4 Å². The first-order chi connectivity index (χ1) is 9.72. The van der Waals surface area contributed by atoms with Crippen LogP contribution in [0.25, 0.3) is 0 Å². The van der Waals surface area contributed by atoms with E-state index in [1.807, 2.05) is 23.9 Å². The summed E-state index contributed by atoms with van der Waals surface area (Å²) < 4.78 is 11.4. The molecule has 0 fully saturated rings. The lowest BCUT2D eigenvalue weighted by molar-refractivity contribution is 0.291. The molecular weight excluding hydrogens is 270 g/mol. The molecule has 0 radical (unpaired) electrons. The average molecular weight is 297 g/mol. The van der Waals surface area contributed by atoms with E-state index >= 15 is 0 Å². The van der Waals surface area contributed by atoms with Crippen molar-refractivity contribution in [2.75, 3.05) is 25.2 Å². The van der Waals surface area contributed by atoms with E-state index in [1.54, 1.807) is 7.11 Å². The molecule has 0 heterocycles. The lowest BCUT2D eigenvalue weighted by Gasteiger charge is -2.17. The van der Waals surface area contributed by atoms with E-state index in [1.165, 1.54) is 0 Å². The van der Waals surface area contributed by atoms with Gasteiger partial charge in [-0.15, -0.1) is 0 Å². The Morgan fingerprint density at radius 1 is 1.30 bits per heavy atom. The van der Waals surface area contributed by atoms with Crippen molar-refractivity contribution in [3.63, 3.8) is 0 Å². The zero-order chi connectivity index (χ0) is 14.8. The number of rotatable bonds is 10. The summed E-state index contributed by atoms with van der Waals surface area (Å²) in [6, 6.07) is 6.18. The molecule has 1 aromatic carbocycles. The molecule has 2 N–H and O–H groups in total. The maximum Gasteiger partial charge on any atom is 0.164 e. The highest BCUT2D eigenvalue weighted by Crippen LogP contribution is 2.32. The van der Waals surface area contributed by atoms with Gasteiger partial charge in [-0.1, -0.05) is 26.0 Å². The zero-order valence-corrected chi connectivity index (χ0v) is 13.7. The molecule has 4 heteroatoms. The van der Waals surface area contributed by atoms with Crippen molar-refractivity contribution in [2.24, 2.45) is 5.73 Å². The van der Waals surface area contributed by atoms with Crippen LogP contribution in [-0.4, -0.2) is 31.3 Å². The molecule has 0 aliphatic rings. The van der Waals surface area contributed by atoms with Gasteiger partial charge < -0.3 is 15.2 Å². The molecule has 0 saturated carbocycles. The quantitative estimate of drug-likeness (QED) is 0.671. The van der Waals surface area contributed by atoms with E-state index in [2.05, 4.69) is 19.9 Å². The van der Waals surface area contributed by atoms with E-state index in [0.29, 0.717) is 0 Å². The highest BCUT2D eigenvalue weighted by Gasteiger charge is 2.12. The van der Waals surface area contributed by atoms with Crippen LogP contribution >= 0.6 is 11.8 Å². The fraction of sp³-hybridized carbons (Fsp3) is 0.625. The zero-order valence-electron chi connectivity index (χ0n) is 12.9. The molecule has 0 amide bonds. The van der Waals surface area contributed by atoms with Crippen molar-refractivity contribution >= 4 is 11.8 Å². The van der Waals surface area contributed by atoms with Crippen LogP contribution in [0.3, 0.4) is 0 Å². The minimum Gasteiger partial charge on any atom is -0.493 e. The summed E-state index contributed by atoms with van der Waals surface area (Å²) >= 11 is 1.94. The van der Waals surface area contributed by atoms with Gasteiger partial charge in [-0.25, -0.2) is 0 Å². The molecule has 0 aromatic heterocycles. The van der Waals surface area contributed by atoms with Crippen LogP contribution in [0.2, 0.25) is 0 Å². The third-order valence-electron chi connectivity index (χ3n) is 3.17. The lowest BCUT2D eigenvalue weighted by atomic mass is 10.0. The van der Waals surface area contributed by atoms with Crippen LogP contribution in [0.5, 0.6) is 11.5 Å². The maximum atomic E-state index is 6.06. The van der Waals surface area contributed by atoms with Crippen LogP contribution in [0.15, 0.2) is 18.2 Å². The second-order valence-corrected chi connectivity index (χ2v) is 6.11. The van der Waals surface area contributed by atoms with Gasteiger partial charge in [-0.3, -0.25) is 0 Å². The first-order valence-electron chi connectivity index (χ1n) is 7.34. The van der Waals surface area contributed by atoms with Crippen LogP contribution in [0, 0.1) is 0 Å². The van der Waals surface area contributed by atoms with Gasteiger partial charge in [0.05, 0.1) is 13.7 Å². The Balaban J connectivity index is 2.68. The standard InChI is InChI=1S/C16H27NO2S/c1-4-14(17)12-13-8-6-9-15(18-3)16(13)19-10-7-11-20-5-2/h6,8-9,14H,4-5,7,10-12,17H2,1-3H3. The Kier molecular flexibility index (Phi) is 8.54. The first-order valence-corrected chi connectivity index (χ1v) is 8.50. The van der Waals surface area contributed by atoms with Crippen molar-refractivity contribution in [1.29, 1.82) is 0 Å². The number of hydrogen-bond acceptors (Lipinski definition) is 4. The molecule has 114 valence electrons. The molecular formula is C16H27NO2S. The Morgan fingerprint density at radius 2 is 2.10 bits per heavy atom. The normalized spacial score (nSPS) is 12.2. The minimum atomic E-state index is 0.167. The molecule has 20 heavy (non-hydrogen) atoms. The summed E-state index contributed by atoms with van der Waals surface area (Å²) in [5, 5.41) is 0. The Bertz CT molecular complexity index is 385. The number of benzene rings is 1. The summed E-state index contributed by atoms with van der Waals surface area (Å²) in [7, 11) is 1.68. The van der Waals surface area contributed by atoms with Crippen LogP contribution < -0.4 is 15.2 Å². The molecule has 0 saturated heterocycles. The van der Waals surface area contributed by atoms with Crippen molar-refractivity contribution in [3.05, 3.63) is 23.8 Å². The predicted octanol–water partition coefficient (Wildman–Crippen LogP) is 3.50. The fourth-order valence-corrected chi connectivity index (χ4v) is 2.56. The Hall–Kier alpha value is -0.870. The Labute approximate surface area is 127 Å². The van der Waals surface area contributed by atoms with Crippen LogP contribution in [0.1, 0.15) is 32.3 Å². The molecule has 1 aromatic rings. The number of ether oxygens (including phenoxy) is 2. The monoisotopic (exact) mass is 297 g/mol. The number of para-hydroxylation sites is 1. The predicted molar refractivity (Wildman–Crippen MR) is 88.1 cm³/mol. The van der Waals surface area contributed by atoms with Gasteiger partial charge in [0.1, 0.15) is 0 Å². The van der Waals surface area contributed by atoms with E-state index < -0.39 is 0 Å². The van der Waals surface area contributed by atoms with Crippen molar-refractivity contribution in [2.45, 2.75) is 39.2 Å². The van der Waals surface area contributed by atoms with Gasteiger partial charge >= 0.3 is 0 Å². The summed E-state index contributed by atoms with van der Waals surface area (Å²) in [5.41, 5.74) is 7.20. The average Bonchev–Trinajstić information content (AvgIpc) is 2.47. The number of nitrogens with two attached hydrogens (primary N) is 1. The van der Waals surface area contributed by atoms with Crippen LogP contribution in [-0.2, 0) is 6.42 Å². The highest BCUT2D eigenvalue weighted by atomic mass is 32.2. The molecule has 0 spiro atoms. The molecule has 1 unspecified atom stereocenters. The Morgan fingerprint density at radius 3 is 2.75 bits per heavy atom. The third kappa shape index (κ3) is 5.63. The van der Waals surface area contributed by atoms with Gasteiger partial charge in [0.25, 0.3) is 0 Å². The summed E-state index contributed by atoms with van der Waals surface area (Å²) in [6.45, 7) is 5.01. The second-order valence-electron chi connectivity index (χ2n) is 4.72. The topological polar surface area (TPSA) is 44.5 Å². The SMILES string of the molecule is CCSCCCOc1c(CC(N)CC)cccc1OC. The molecule has 0 aliphatic heterocycles. The van der Waals surface area contributed by atoms with Gasteiger partial charge in [-0.2, -0.15) is 11.8 Å². The summed E-state index contributed by atoms with van der Waals surface area (Å²) in [4.78, 5) is 0. The van der Waals surface area contributed by atoms with E-state index in [4.69, 9.17) is 15.2 Å². The molecule has 0 aliphatic carbocycles. The third-order valence-corrected chi connectivity index (χ3v) is 4.16. The molecule has 1 atom stereocenters. The first kappa shape index (κ1) is 17.2. The summed E-state index contributed by atoms with van der Waals surface area (Å²) in [5.74, 6) is 3.95. The lowest BCUT2D eigenvalue weighted by Crippen LogP contribution is -2.22. The van der Waals surface area contributed by atoms with Crippen molar-refractivity contribution in [1.82, 2.24) is 0 Å². The second kappa shape index (κ2) is 9.94. The molecule has 3 nitrogen and oxygen atoms in total. The van der Waals surface area contributed by atoms with Crippen molar-refractivity contribution < 1.29 is 9.47 Å². The van der Waals surface area contributed by atoms with Gasteiger partial charge in [0.2, 0.25) is 0 Å². The molecule has 1 rings (SSSR count). The smallest absolute Gasteiger partial charge is 0.164 e. The highest BCUT2D eigenvalue weighted by molar-refractivity contribution is 7.99. The van der Waals surface area contributed by atoms with E-state index in [9.17, 15) is 0 Å². The van der Waals surface area contributed by atoms with Gasteiger partial charge in [0, 0.05) is 6.04 Å². The largest absolute Gasteiger partial charge is 0.493 e. The summed E-state index contributed by atoms with van der Waals surface area (Å²) in [6.07, 6.45) is 2.84. The number of methoxy groups -OCH3 is 1. The minimum absolute atomic E-state index is 0.167. The number of thioether (sulfide) groups is 1. The van der Waals surface area contributed by atoms with Crippen molar-refractivity contribution in [3.8, 4) is 11.5 Å². The van der Waals surface area contributed by atoms with Crippen LogP contribution in [0.4, 0.5) is 0 Å².